The number of hydrogen-bond acceptors (Lipinski definition) is 6. The van der Waals surface area contributed by atoms with Crippen molar-refractivity contribution >= 4 is 19.5 Å². The second-order valence-corrected chi connectivity index (χ2v) is 18.7. The molecule has 0 saturated heterocycles. The number of carbonyl (C=O) groups excluding carboxylic acids is 2. The Morgan fingerprint density at radius 2 is 0.927 bits per heavy atom. The van der Waals surface area contributed by atoms with Crippen LogP contribution < -0.4 is 0 Å². The van der Waals surface area contributed by atoms with Crippen molar-refractivity contribution in [3.05, 3.63) is 24.3 Å². The van der Waals surface area contributed by atoms with Gasteiger partial charge in [0.05, 0.1) is 27.7 Å². The van der Waals surface area contributed by atoms with E-state index < -0.39 is 25.5 Å². The molecule has 0 aliphatic heterocycles. The van der Waals surface area contributed by atoms with Gasteiger partial charge in [-0.25, -0.2) is 0 Å². The minimum absolute atomic E-state index is 0.190. The zero-order valence-corrected chi connectivity index (χ0v) is 37.8. The van der Waals surface area contributed by atoms with Crippen LogP contribution in [0.1, 0.15) is 213 Å². The largest absolute Gasteiger partial charge is 0.462 e. The highest BCUT2D eigenvalue weighted by Gasteiger charge is 2.42. The van der Waals surface area contributed by atoms with Crippen molar-refractivity contribution in [1.82, 2.24) is 0 Å². The Hall–Kier alpha value is -1.47. The smallest absolute Gasteiger partial charge is 0.385 e. The number of unbranched alkanes of at least 4 members (excludes halogenated alkanes) is 22. The number of carbonyl (C=O) groups is 2. The van der Waals surface area contributed by atoms with Gasteiger partial charge in [0.15, 0.2) is 11.9 Å². The van der Waals surface area contributed by atoms with Crippen LogP contribution >= 0.6 is 7.60 Å². The number of allylic oxidation sites excluding steroid dienone is 4. The summed E-state index contributed by atoms with van der Waals surface area (Å²) >= 11 is 0. The second kappa shape index (κ2) is 36.8. The first-order valence-corrected chi connectivity index (χ1v) is 24.6. The van der Waals surface area contributed by atoms with E-state index in [1.165, 1.54) is 96.3 Å². The van der Waals surface area contributed by atoms with Gasteiger partial charge in [0.2, 0.25) is 0 Å². The molecule has 0 aliphatic rings. The molecule has 0 rings (SSSR count). The van der Waals surface area contributed by atoms with Crippen molar-refractivity contribution in [2.75, 3.05) is 34.4 Å². The molecular formula is C46H89NO7P+. The van der Waals surface area contributed by atoms with Crippen LogP contribution in [0.15, 0.2) is 24.3 Å². The summed E-state index contributed by atoms with van der Waals surface area (Å²) in [5.74, 6) is -1.37. The maximum Gasteiger partial charge on any atom is 0.385 e. The van der Waals surface area contributed by atoms with Crippen LogP contribution in [0.25, 0.3) is 0 Å². The summed E-state index contributed by atoms with van der Waals surface area (Å²) in [6, 6.07) is 0. The van der Waals surface area contributed by atoms with Crippen molar-refractivity contribution in [3.8, 4) is 0 Å². The molecular weight excluding hydrogens is 709 g/mol. The standard InChI is InChI=1S/C46H88NO7P/c1-7-10-12-14-16-18-20-22-24-26-28-30-32-34-36-39-45(48)52-41-43(42-53-55(50,51)44(38-9-3)47(4,5)6)54-46(49)40-37-35-33-31-29-27-25-23-21-19-17-15-13-11-8-2/h22-25,43-44H,7-21,26-42H2,1-6H3/p+1/b24-22-,25-23-/t43-,44?/m1/s1. The van der Waals surface area contributed by atoms with Gasteiger partial charge >= 0.3 is 19.5 Å². The summed E-state index contributed by atoms with van der Waals surface area (Å²) in [4.78, 5) is 36.3. The van der Waals surface area contributed by atoms with Gasteiger partial charge in [-0.05, 0) is 70.6 Å². The van der Waals surface area contributed by atoms with Gasteiger partial charge in [-0.2, -0.15) is 0 Å². The van der Waals surface area contributed by atoms with Gasteiger partial charge in [0.1, 0.15) is 6.61 Å². The number of esters is 2. The third-order valence-corrected chi connectivity index (χ3v) is 12.5. The monoisotopic (exact) mass is 799 g/mol. The summed E-state index contributed by atoms with van der Waals surface area (Å²) in [6.45, 7) is 5.99. The van der Waals surface area contributed by atoms with E-state index in [9.17, 15) is 19.0 Å². The van der Waals surface area contributed by atoms with Gasteiger partial charge in [-0.1, -0.05) is 148 Å². The molecule has 8 nitrogen and oxygen atoms in total. The molecule has 0 amide bonds. The fourth-order valence-corrected chi connectivity index (χ4v) is 8.83. The Balaban J connectivity index is 4.55. The van der Waals surface area contributed by atoms with Gasteiger partial charge in [-0.3, -0.25) is 14.2 Å². The maximum atomic E-state index is 13.3. The number of nitrogens with zero attached hydrogens (tertiary/aromatic N) is 1. The number of hydrogen-bond donors (Lipinski definition) is 1. The lowest BCUT2D eigenvalue weighted by atomic mass is 10.1. The number of ether oxygens (including phenoxy) is 2. The minimum atomic E-state index is -4.05. The van der Waals surface area contributed by atoms with E-state index in [1.807, 2.05) is 28.1 Å². The van der Waals surface area contributed by atoms with E-state index in [0.717, 1.165) is 70.6 Å². The third kappa shape index (κ3) is 34.3. The fourth-order valence-electron chi connectivity index (χ4n) is 6.82. The summed E-state index contributed by atoms with van der Waals surface area (Å²) in [6.07, 6.45) is 40.9. The quantitative estimate of drug-likeness (QED) is 0.0217. The molecule has 1 N–H and O–H groups in total. The molecule has 0 fully saturated rings. The Morgan fingerprint density at radius 1 is 0.545 bits per heavy atom. The van der Waals surface area contributed by atoms with Crippen molar-refractivity contribution < 1.29 is 37.5 Å². The van der Waals surface area contributed by atoms with Crippen molar-refractivity contribution in [2.45, 2.75) is 225 Å². The van der Waals surface area contributed by atoms with Crippen LogP contribution in [-0.2, 0) is 28.2 Å². The summed E-state index contributed by atoms with van der Waals surface area (Å²) in [5, 5.41) is 0. The van der Waals surface area contributed by atoms with Crippen LogP contribution in [0.5, 0.6) is 0 Å². The van der Waals surface area contributed by atoms with Crippen LogP contribution in [0.4, 0.5) is 0 Å². The molecule has 0 aromatic heterocycles. The highest BCUT2D eigenvalue weighted by atomic mass is 31.2. The molecule has 0 saturated carbocycles. The van der Waals surface area contributed by atoms with Gasteiger partial charge in [0, 0.05) is 19.3 Å². The lowest BCUT2D eigenvalue weighted by Gasteiger charge is -2.36. The summed E-state index contributed by atoms with van der Waals surface area (Å²) in [7, 11) is 1.56. The molecule has 55 heavy (non-hydrogen) atoms. The number of rotatable bonds is 40. The summed E-state index contributed by atoms with van der Waals surface area (Å²) < 4.78 is 30.4. The molecule has 324 valence electrons. The first kappa shape index (κ1) is 53.5. The SMILES string of the molecule is CCCCCCCC/C=C\CCCCCCCC(=O)OC[C@H](COP(=O)(O)C(CCC)[N+](C)(C)C)OC(=O)CCCCCCC/C=C\CCCCCCCC. The van der Waals surface area contributed by atoms with Crippen LogP contribution in [0.2, 0.25) is 0 Å². The van der Waals surface area contributed by atoms with Crippen molar-refractivity contribution in [2.24, 2.45) is 0 Å². The molecule has 0 aliphatic carbocycles. The van der Waals surface area contributed by atoms with E-state index in [-0.39, 0.29) is 30.1 Å². The molecule has 3 atom stereocenters. The van der Waals surface area contributed by atoms with Gasteiger partial charge in [-0.15, -0.1) is 0 Å². The predicted molar refractivity (Wildman–Crippen MR) is 232 cm³/mol. The van der Waals surface area contributed by atoms with E-state index in [1.54, 1.807) is 0 Å². The Morgan fingerprint density at radius 3 is 1.33 bits per heavy atom. The lowest BCUT2D eigenvalue weighted by molar-refractivity contribution is -0.883. The van der Waals surface area contributed by atoms with Crippen LogP contribution in [0.3, 0.4) is 0 Å². The van der Waals surface area contributed by atoms with Crippen LogP contribution in [0, 0.1) is 0 Å². The molecule has 2 unspecified atom stereocenters. The van der Waals surface area contributed by atoms with Gasteiger partial charge in [0.25, 0.3) is 0 Å². The van der Waals surface area contributed by atoms with Crippen molar-refractivity contribution in [1.29, 1.82) is 0 Å². The first-order chi connectivity index (χ1) is 26.5. The average Bonchev–Trinajstić information content (AvgIpc) is 3.14. The highest BCUT2D eigenvalue weighted by molar-refractivity contribution is 7.53. The molecule has 0 spiro atoms. The van der Waals surface area contributed by atoms with E-state index in [4.69, 9.17) is 14.0 Å². The lowest BCUT2D eigenvalue weighted by Crippen LogP contribution is -2.45. The van der Waals surface area contributed by atoms with E-state index in [0.29, 0.717) is 19.3 Å². The average molecular weight is 799 g/mol. The Bertz CT molecular complexity index is 1010. The van der Waals surface area contributed by atoms with E-state index in [2.05, 4.69) is 38.2 Å². The Labute approximate surface area is 340 Å². The predicted octanol–water partition coefficient (Wildman–Crippen LogP) is 13.6. The zero-order chi connectivity index (χ0) is 40.9. The van der Waals surface area contributed by atoms with E-state index >= 15 is 0 Å². The highest BCUT2D eigenvalue weighted by Crippen LogP contribution is 2.52. The normalized spacial score (nSPS) is 14.4. The van der Waals surface area contributed by atoms with Gasteiger partial charge < -0.3 is 23.4 Å². The maximum absolute atomic E-state index is 13.3. The molecule has 9 heteroatoms. The minimum Gasteiger partial charge on any atom is -0.462 e. The molecule has 0 radical (unpaired) electrons. The fraction of sp³-hybridized carbons (Fsp3) is 0.870. The van der Waals surface area contributed by atoms with Crippen LogP contribution in [-0.4, -0.2) is 67.6 Å². The molecule has 0 aromatic carbocycles. The number of quaternary nitrogens is 1. The first-order valence-electron chi connectivity index (χ1n) is 22.9. The molecule has 0 bridgehead atoms. The Kier molecular flexibility index (Phi) is 35.9. The molecule has 0 aromatic rings. The summed E-state index contributed by atoms with van der Waals surface area (Å²) in [5.41, 5.74) is 0. The second-order valence-electron chi connectivity index (χ2n) is 16.7. The topological polar surface area (TPSA) is 99.1 Å². The molecule has 0 heterocycles. The third-order valence-electron chi connectivity index (χ3n) is 10.3. The zero-order valence-electron chi connectivity index (χ0n) is 36.9. The van der Waals surface area contributed by atoms with Crippen molar-refractivity contribution in [3.63, 3.8) is 0 Å².